The number of carbonyl (C=O) groups excluding carboxylic acids is 1. The maximum atomic E-state index is 12.9. The second-order valence-corrected chi connectivity index (χ2v) is 12.2. The molecule has 2 aliphatic rings. The van der Waals surface area contributed by atoms with E-state index in [0.717, 1.165) is 60.1 Å². The third kappa shape index (κ3) is 6.97. The SMILES string of the molecule is COc1ccccc1N1CCN(CC(O)Cn2nc(-c3ccc(Cl)cc3)c3c2CCN(C(=O)OC(C)(C)C)C3)CC1. The number of halogens is 1. The molecule has 1 N–H and O–H groups in total. The van der Waals surface area contributed by atoms with Gasteiger partial charge >= 0.3 is 6.09 Å². The first kappa shape index (κ1) is 29.2. The number of anilines is 1. The van der Waals surface area contributed by atoms with Crippen LogP contribution in [0.2, 0.25) is 5.02 Å². The number of fused-ring (bicyclic) bond motifs is 1. The van der Waals surface area contributed by atoms with E-state index in [-0.39, 0.29) is 6.09 Å². The number of amides is 1. The third-order valence-electron chi connectivity index (χ3n) is 7.55. The fourth-order valence-electron chi connectivity index (χ4n) is 5.58. The van der Waals surface area contributed by atoms with Crippen LogP contribution in [0.4, 0.5) is 10.5 Å². The van der Waals surface area contributed by atoms with Crippen molar-refractivity contribution in [3.8, 4) is 17.0 Å². The third-order valence-corrected chi connectivity index (χ3v) is 7.81. The van der Waals surface area contributed by atoms with Crippen LogP contribution in [-0.2, 0) is 24.2 Å². The second kappa shape index (κ2) is 12.3. The summed E-state index contributed by atoms with van der Waals surface area (Å²) in [5.74, 6) is 0.881. The number of hydrogen-bond acceptors (Lipinski definition) is 7. The van der Waals surface area contributed by atoms with Crippen molar-refractivity contribution in [2.24, 2.45) is 0 Å². The van der Waals surface area contributed by atoms with Crippen LogP contribution in [0.15, 0.2) is 48.5 Å². The highest BCUT2D eigenvalue weighted by molar-refractivity contribution is 6.30. The molecule has 5 rings (SSSR count). The summed E-state index contributed by atoms with van der Waals surface area (Å²) in [6.45, 7) is 10.9. The van der Waals surface area contributed by atoms with Crippen LogP contribution in [-0.4, -0.2) is 88.9 Å². The van der Waals surface area contributed by atoms with E-state index in [2.05, 4.69) is 15.9 Å². The number of ether oxygens (including phenoxy) is 2. The summed E-state index contributed by atoms with van der Waals surface area (Å²) in [5, 5.41) is 16.8. The number of nitrogens with zero attached hydrogens (tertiary/aromatic N) is 5. The van der Waals surface area contributed by atoms with Gasteiger partial charge in [0.2, 0.25) is 0 Å². The first-order valence-corrected chi connectivity index (χ1v) is 14.6. The molecule has 1 unspecified atom stereocenters. The van der Waals surface area contributed by atoms with E-state index in [4.69, 9.17) is 26.2 Å². The average Bonchev–Trinajstić information content (AvgIpc) is 3.30. The Balaban J connectivity index is 1.28. The molecule has 2 aliphatic heterocycles. The van der Waals surface area contributed by atoms with E-state index in [1.807, 2.05) is 67.9 Å². The molecule has 1 fully saturated rings. The summed E-state index contributed by atoms with van der Waals surface area (Å²) in [4.78, 5) is 19.2. The number of piperazine rings is 1. The van der Waals surface area contributed by atoms with Crippen LogP contribution in [0.1, 0.15) is 32.0 Å². The van der Waals surface area contributed by atoms with E-state index in [0.29, 0.717) is 37.6 Å². The molecule has 1 saturated heterocycles. The first-order valence-electron chi connectivity index (χ1n) is 14.2. The lowest BCUT2D eigenvalue weighted by Crippen LogP contribution is -2.49. The lowest BCUT2D eigenvalue weighted by atomic mass is 10.0. The first-order chi connectivity index (χ1) is 19.6. The van der Waals surface area contributed by atoms with Gasteiger partial charge in [-0.15, -0.1) is 0 Å². The largest absolute Gasteiger partial charge is 0.495 e. The van der Waals surface area contributed by atoms with Crippen molar-refractivity contribution in [1.29, 1.82) is 0 Å². The molecule has 220 valence electrons. The van der Waals surface area contributed by atoms with E-state index < -0.39 is 11.7 Å². The molecule has 0 radical (unpaired) electrons. The minimum Gasteiger partial charge on any atom is -0.495 e. The second-order valence-electron chi connectivity index (χ2n) is 11.7. The zero-order valence-corrected chi connectivity index (χ0v) is 25.1. The fraction of sp³-hybridized carbons (Fsp3) is 0.484. The summed E-state index contributed by atoms with van der Waals surface area (Å²) in [6.07, 6.45) is -0.275. The quantitative estimate of drug-likeness (QED) is 0.433. The number of rotatable bonds is 7. The monoisotopic (exact) mass is 581 g/mol. The summed E-state index contributed by atoms with van der Waals surface area (Å²) < 4.78 is 13.1. The van der Waals surface area contributed by atoms with Gasteiger partial charge < -0.3 is 24.4 Å². The van der Waals surface area contributed by atoms with E-state index in [1.165, 1.54) is 0 Å². The van der Waals surface area contributed by atoms with Gasteiger partial charge in [-0.2, -0.15) is 5.10 Å². The van der Waals surface area contributed by atoms with Crippen LogP contribution in [0, 0.1) is 0 Å². The number of aliphatic hydroxyl groups excluding tert-OH is 1. The van der Waals surface area contributed by atoms with Crippen molar-refractivity contribution in [3.05, 3.63) is 64.8 Å². The van der Waals surface area contributed by atoms with Gasteiger partial charge in [0.05, 0.1) is 37.7 Å². The Morgan fingerprint density at radius 1 is 1.02 bits per heavy atom. The number of benzene rings is 2. The molecule has 1 amide bonds. The molecule has 0 spiro atoms. The number of carbonyl (C=O) groups is 1. The smallest absolute Gasteiger partial charge is 0.410 e. The lowest BCUT2D eigenvalue weighted by Gasteiger charge is -2.37. The van der Waals surface area contributed by atoms with Gasteiger partial charge in [0.1, 0.15) is 11.4 Å². The zero-order chi connectivity index (χ0) is 29.1. The van der Waals surface area contributed by atoms with E-state index in [1.54, 1.807) is 12.0 Å². The van der Waals surface area contributed by atoms with Crippen molar-refractivity contribution < 1.29 is 19.4 Å². The van der Waals surface area contributed by atoms with Gasteiger partial charge in [0, 0.05) is 67.5 Å². The summed E-state index contributed by atoms with van der Waals surface area (Å²) in [6, 6.07) is 15.7. The molecule has 1 aromatic heterocycles. The molecule has 3 aromatic rings. The van der Waals surface area contributed by atoms with Crippen molar-refractivity contribution in [2.75, 3.05) is 51.3 Å². The highest BCUT2D eigenvalue weighted by atomic mass is 35.5. The van der Waals surface area contributed by atoms with Crippen molar-refractivity contribution in [3.63, 3.8) is 0 Å². The molecule has 1 atom stereocenters. The minimum atomic E-state index is -0.584. The Bertz CT molecular complexity index is 1350. The molecule has 0 aliphatic carbocycles. The summed E-state index contributed by atoms with van der Waals surface area (Å²) in [7, 11) is 1.70. The number of aliphatic hydroxyl groups is 1. The van der Waals surface area contributed by atoms with Gasteiger partial charge in [0.25, 0.3) is 0 Å². The van der Waals surface area contributed by atoms with Crippen molar-refractivity contribution >= 4 is 23.4 Å². The Hall–Kier alpha value is -3.27. The Morgan fingerprint density at radius 2 is 1.73 bits per heavy atom. The van der Waals surface area contributed by atoms with Crippen LogP contribution < -0.4 is 9.64 Å². The molecule has 41 heavy (non-hydrogen) atoms. The topological polar surface area (TPSA) is 83.3 Å². The van der Waals surface area contributed by atoms with Crippen LogP contribution >= 0.6 is 11.6 Å². The molecular weight excluding hydrogens is 542 g/mol. The van der Waals surface area contributed by atoms with Gasteiger partial charge in [0.15, 0.2) is 0 Å². The maximum Gasteiger partial charge on any atom is 0.410 e. The van der Waals surface area contributed by atoms with Crippen molar-refractivity contribution in [2.45, 2.75) is 52.0 Å². The van der Waals surface area contributed by atoms with Gasteiger partial charge in [-0.1, -0.05) is 35.9 Å². The van der Waals surface area contributed by atoms with Gasteiger partial charge in [-0.05, 0) is 45.0 Å². The summed E-state index contributed by atoms with van der Waals surface area (Å²) >= 11 is 6.15. The molecule has 3 heterocycles. The Labute approximate surface area is 247 Å². The number of methoxy groups -OCH3 is 1. The predicted molar refractivity (Wildman–Crippen MR) is 161 cm³/mol. The number of aromatic nitrogens is 2. The number of β-amino-alcohol motifs (C(OH)–C–C–N with tert-alkyl or cyclic N) is 1. The van der Waals surface area contributed by atoms with Crippen LogP contribution in [0.5, 0.6) is 5.75 Å². The standard InChI is InChI=1S/C31H40ClN5O4/c1-31(2,3)41-30(39)36-14-13-26-25(21-36)29(22-9-11-23(32)12-10-22)33-37(26)20-24(38)19-34-15-17-35(18-16-34)27-7-5-6-8-28(27)40-4/h5-12,24,38H,13-21H2,1-4H3. The Morgan fingerprint density at radius 3 is 2.41 bits per heavy atom. The van der Waals surface area contributed by atoms with E-state index in [9.17, 15) is 9.90 Å². The van der Waals surface area contributed by atoms with Crippen molar-refractivity contribution in [1.82, 2.24) is 19.6 Å². The Kier molecular flexibility index (Phi) is 8.77. The molecule has 9 nitrogen and oxygen atoms in total. The normalized spacial score (nSPS) is 16.8. The van der Waals surface area contributed by atoms with Crippen LogP contribution in [0.3, 0.4) is 0 Å². The predicted octanol–water partition coefficient (Wildman–Crippen LogP) is 4.69. The highest BCUT2D eigenvalue weighted by Gasteiger charge is 2.31. The molecule has 0 bridgehead atoms. The summed E-state index contributed by atoms with van der Waals surface area (Å²) in [5.41, 5.74) is 4.31. The highest BCUT2D eigenvalue weighted by Crippen LogP contribution is 2.32. The maximum absolute atomic E-state index is 12.9. The van der Waals surface area contributed by atoms with Gasteiger partial charge in [-0.25, -0.2) is 4.79 Å². The fourth-order valence-corrected chi connectivity index (χ4v) is 5.71. The number of hydrogen-bond donors (Lipinski definition) is 1. The zero-order valence-electron chi connectivity index (χ0n) is 24.3. The lowest BCUT2D eigenvalue weighted by molar-refractivity contribution is 0.0221. The molecule has 2 aromatic carbocycles. The van der Waals surface area contributed by atoms with Gasteiger partial charge in [-0.3, -0.25) is 9.58 Å². The van der Waals surface area contributed by atoms with Crippen LogP contribution in [0.25, 0.3) is 11.3 Å². The minimum absolute atomic E-state index is 0.328. The molecule has 0 saturated carbocycles. The molecule has 10 heteroatoms. The van der Waals surface area contributed by atoms with E-state index >= 15 is 0 Å². The molecular formula is C31H40ClN5O4. The number of para-hydroxylation sites is 2. The average molecular weight is 582 g/mol.